The molecule has 1 aromatic heterocycles. The first-order valence-electron chi connectivity index (χ1n) is 16.5. The summed E-state index contributed by atoms with van der Waals surface area (Å²) in [4.78, 5) is 51.1. The molecular weight excluding hydrogens is 616 g/mol. The summed E-state index contributed by atoms with van der Waals surface area (Å²) in [5, 5.41) is 15.2. The summed E-state index contributed by atoms with van der Waals surface area (Å²) < 4.78 is 5.32. The number of hydrogen-bond acceptors (Lipinski definition) is 9. The molecule has 0 spiro atoms. The summed E-state index contributed by atoms with van der Waals surface area (Å²) in [5.41, 5.74) is 0.879. The van der Waals surface area contributed by atoms with Gasteiger partial charge in [-0.3, -0.25) is 19.7 Å². The number of guanidine groups is 1. The summed E-state index contributed by atoms with van der Waals surface area (Å²) in [6, 6.07) is 2.46. The van der Waals surface area contributed by atoms with E-state index < -0.39 is 18.2 Å². The highest BCUT2D eigenvalue weighted by Crippen LogP contribution is 2.20. The number of carboxylic acids is 1. The van der Waals surface area contributed by atoms with Crippen LogP contribution in [0.3, 0.4) is 0 Å². The molecule has 0 bridgehead atoms. The summed E-state index contributed by atoms with van der Waals surface area (Å²) in [6.07, 6.45) is 11.1. The van der Waals surface area contributed by atoms with E-state index in [0.29, 0.717) is 49.2 Å². The first-order valence-corrected chi connectivity index (χ1v) is 17.4. The second-order valence-electron chi connectivity index (χ2n) is 11.2. The van der Waals surface area contributed by atoms with E-state index in [2.05, 4.69) is 24.2 Å². The molecule has 12 heteroatoms. The molecule has 0 fully saturated rings. The first-order chi connectivity index (χ1) is 22.6. The number of allylic oxidation sites excluding steroid dienone is 4. The number of nitrogens with one attached hydrogen (secondary N) is 1. The molecule has 47 heavy (non-hydrogen) atoms. The van der Waals surface area contributed by atoms with E-state index in [0.717, 1.165) is 24.3 Å². The highest BCUT2D eigenvalue weighted by atomic mass is 32.1. The third-order valence-corrected chi connectivity index (χ3v) is 8.10. The predicted octanol–water partition coefficient (Wildman–Crippen LogP) is 5.68. The van der Waals surface area contributed by atoms with Gasteiger partial charge in [0.05, 0.1) is 23.8 Å². The monoisotopic (exact) mass is 672 g/mol. The number of carbonyl (C=O) groups excluding carboxylic acids is 2. The van der Waals surface area contributed by atoms with Crippen molar-refractivity contribution >= 4 is 41.8 Å². The second-order valence-corrected chi connectivity index (χ2v) is 12.1. The third-order valence-electron chi connectivity index (χ3n) is 7.24. The molecule has 1 aliphatic carbocycles. The fourth-order valence-corrected chi connectivity index (χ4v) is 5.64. The average Bonchev–Trinajstić information content (AvgIpc) is 3.41. The van der Waals surface area contributed by atoms with Crippen LogP contribution < -0.4 is 5.32 Å². The molecule has 262 valence electrons. The molecule has 1 aliphatic heterocycles. The van der Waals surface area contributed by atoms with Gasteiger partial charge in [-0.2, -0.15) is 0 Å². The van der Waals surface area contributed by atoms with Crippen LogP contribution in [0.5, 0.6) is 0 Å². The third kappa shape index (κ3) is 14.3. The average molecular weight is 673 g/mol. The number of ether oxygens (including phenoxy) is 1. The van der Waals surface area contributed by atoms with E-state index in [-0.39, 0.29) is 18.4 Å². The highest BCUT2D eigenvalue weighted by Gasteiger charge is 2.31. The Hall–Kier alpha value is -3.77. The maximum atomic E-state index is 13.2. The maximum Gasteiger partial charge on any atom is 0.321 e. The van der Waals surface area contributed by atoms with E-state index >= 15 is 0 Å². The van der Waals surface area contributed by atoms with Crippen molar-refractivity contribution in [3.05, 3.63) is 58.0 Å². The van der Waals surface area contributed by atoms with E-state index in [1.165, 1.54) is 11.3 Å². The van der Waals surface area contributed by atoms with Crippen LogP contribution in [0.25, 0.3) is 0 Å². The number of nitrogens with zero attached hydrogens (tertiary/aromatic N) is 5. The Bertz CT molecular complexity index is 1240. The fourth-order valence-electron chi connectivity index (χ4n) is 4.96. The zero-order chi connectivity index (χ0) is 35.4. The van der Waals surface area contributed by atoms with Crippen LogP contribution in [0.4, 0.5) is 0 Å². The van der Waals surface area contributed by atoms with Crippen LogP contribution in [0, 0.1) is 5.92 Å². The Morgan fingerprint density at radius 3 is 2.38 bits per heavy atom. The van der Waals surface area contributed by atoms with E-state index in [4.69, 9.17) is 9.73 Å². The van der Waals surface area contributed by atoms with Gasteiger partial charge >= 0.3 is 5.97 Å². The largest absolute Gasteiger partial charge is 0.501 e. The van der Waals surface area contributed by atoms with Crippen molar-refractivity contribution in [2.24, 2.45) is 15.9 Å². The number of carbonyl (C=O) groups is 3. The van der Waals surface area contributed by atoms with Crippen molar-refractivity contribution in [1.29, 1.82) is 0 Å². The van der Waals surface area contributed by atoms with Crippen molar-refractivity contribution in [3.8, 4) is 0 Å². The zero-order valence-corrected chi connectivity index (χ0v) is 30.5. The van der Waals surface area contributed by atoms with Crippen molar-refractivity contribution in [1.82, 2.24) is 20.0 Å². The van der Waals surface area contributed by atoms with E-state index in [1.54, 1.807) is 30.2 Å². The molecule has 3 unspecified atom stereocenters. The van der Waals surface area contributed by atoms with Gasteiger partial charge in [0.1, 0.15) is 12.2 Å². The number of rotatable bonds is 14. The number of methoxy groups -OCH3 is 1. The van der Waals surface area contributed by atoms with Crippen LogP contribution in [0.1, 0.15) is 77.4 Å². The van der Waals surface area contributed by atoms with Crippen LogP contribution in [0.2, 0.25) is 0 Å². The molecule has 11 nitrogen and oxygen atoms in total. The molecule has 2 amide bonds. The molecule has 2 aliphatic rings. The van der Waals surface area contributed by atoms with Crippen molar-refractivity contribution in [2.75, 3.05) is 40.3 Å². The Morgan fingerprint density at radius 2 is 1.87 bits per heavy atom. The first kappa shape index (κ1) is 41.3. The van der Waals surface area contributed by atoms with Crippen molar-refractivity contribution in [2.45, 2.75) is 86.0 Å². The lowest BCUT2D eigenvalue weighted by Gasteiger charge is -2.30. The summed E-state index contributed by atoms with van der Waals surface area (Å²) in [5.74, 6) is 0.902. The molecule has 0 saturated carbocycles. The van der Waals surface area contributed by atoms with Gasteiger partial charge in [0.2, 0.25) is 12.4 Å². The van der Waals surface area contributed by atoms with Crippen LogP contribution in [-0.4, -0.2) is 109 Å². The summed E-state index contributed by atoms with van der Waals surface area (Å²) >= 11 is 1.40. The minimum Gasteiger partial charge on any atom is -0.501 e. The zero-order valence-electron chi connectivity index (χ0n) is 29.7. The molecule has 0 aromatic carbocycles. The second kappa shape index (κ2) is 22.7. The number of carboxylic acid groups (broad SMARTS) is 1. The van der Waals surface area contributed by atoms with Gasteiger partial charge in [0.25, 0.3) is 5.91 Å². The van der Waals surface area contributed by atoms with Gasteiger partial charge in [-0.1, -0.05) is 52.0 Å². The summed E-state index contributed by atoms with van der Waals surface area (Å²) in [6.45, 7) is 16.9. The molecule has 3 atom stereocenters. The predicted molar refractivity (Wildman–Crippen MR) is 193 cm³/mol. The van der Waals surface area contributed by atoms with Gasteiger partial charge in [-0.15, -0.1) is 11.3 Å². The summed E-state index contributed by atoms with van der Waals surface area (Å²) in [7, 11) is 3.41. The highest BCUT2D eigenvalue weighted by molar-refractivity contribution is 7.12. The number of aliphatic imine (C=N–C) groups is 2. The van der Waals surface area contributed by atoms with Gasteiger partial charge in [-0.25, -0.2) is 9.98 Å². The lowest BCUT2D eigenvalue weighted by molar-refractivity contribution is -0.139. The minimum atomic E-state index is -0.960. The van der Waals surface area contributed by atoms with E-state index in [9.17, 15) is 19.5 Å². The van der Waals surface area contributed by atoms with Gasteiger partial charge in [0, 0.05) is 52.3 Å². The molecule has 0 radical (unpaired) electrons. The normalized spacial score (nSPS) is 17.6. The SMILES string of the molecule is CC.CC(C)CN(C)C=O.CCN(CC)C1=NC(NC(CC2=CC=C(OC)CC=C2)C(=O)O)CC(N(CC)C(=O)c2cccs2)C=N1. The topological polar surface area (TPSA) is 127 Å². The number of aliphatic carboxylic acids is 1. The van der Waals surface area contributed by atoms with Crippen LogP contribution >= 0.6 is 11.3 Å². The minimum absolute atomic E-state index is 0.0664. The van der Waals surface area contributed by atoms with Crippen molar-refractivity contribution in [3.63, 3.8) is 0 Å². The Balaban J connectivity index is 0.000000964. The molecule has 2 N–H and O–H groups in total. The van der Waals surface area contributed by atoms with Gasteiger partial charge < -0.3 is 24.5 Å². The Kier molecular flexibility index (Phi) is 19.9. The fraction of sp³-hybridized carbons (Fsp3) is 0.571. The lowest BCUT2D eigenvalue weighted by Crippen LogP contribution is -2.48. The Labute approximate surface area is 285 Å². The van der Waals surface area contributed by atoms with E-state index in [1.807, 2.05) is 81.3 Å². The number of thiophene rings is 1. The van der Waals surface area contributed by atoms with Crippen molar-refractivity contribution < 1.29 is 24.2 Å². The quantitative estimate of drug-likeness (QED) is 0.244. The number of hydrogen-bond donors (Lipinski definition) is 2. The molecule has 0 saturated heterocycles. The maximum absolute atomic E-state index is 13.2. The standard InChI is InChI=1S/C27H37N5O4S.C6H13NO.C2H6/c1-5-31(6-2)27-28-18-20(32(7-3)25(33)23-12-9-15-37-23)17-24(30-27)29-22(26(34)35)16-19-10-8-11-21(36-4)14-13-19;1-6(2)4-7(3)5-8;1-2/h8-10,12-15,18,20,22,24,29H,5-7,11,16-17H2,1-4H3,(H,34,35);5-6H,4H2,1-3H3;1-2H3. The smallest absolute Gasteiger partial charge is 0.321 e. The number of amides is 2. The lowest BCUT2D eigenvalue weighted by atomic mass is 10.0. The van der Waals surface area contributed by atoms with Gasteiger partial charge in [-0.05, 0) is 56.2 Å². The van der Waals surface area contributed by atoms with Crippen LogP contribution in [0.15, 0.2) is 63.1 Å². The molecule has 3 rings (SSSR count). The van der Waals surface area contributed by atoms with Crippen LogP contribution in [-0.2, 0) is 14.3 Å². The molecule has 2 heterocycles. The molecule has 1 aromatic rings. The molecular formula is C35H56N6O5S. The van der Waals surface area contributed by atoms with Gasteiger partial charge in [0.15, 0.2) is 0 Å². The Morgan fingerprint density at radius 1 is 1.17 bits per heavy atom.